The van der Waals surface area contributed by atoms with E-state index in [0.717, 1.165) is 73.6 Å². The van der Waals surface area contributed by atoms with E-state index in [1.165, 1.54) is 11.1 Å². The van der Waals surface area contributed by atoms with Gasteiger partial charge in [-0.1, -0.05) is 170 Å². The molecule has 2 aromatic heterocycles. The van der Waals surface area contributed by atoms with E-state index in [2.05, 4.69) is 99.6 Å². The minimum absolute atomic E-state index is 0.119. The summed E-state index contributed by atoms with van der Waals surface area (Å²) in [5.74, 6) is -2.27. The average Bonchev–Trinajstić information content (AvgIpc) is 1.65. The van der Waals surface area contributed by atoms with Gasteiger partial charge < -0.3 is 52.3 Å². The van der Waals surface area contributed by atoms with Crippen LogP contribution in [0.5, 0.6) is 0 Å². The van der Waals surface area contributed by atoms with E-state index >= 15 is 0 Å². The van der Waals surface area contributed by atoms with E-state index < -0.39 is 54.3 Å². The summed E-state index contributed by atoms with van der Waals surface area (Å²) in [5.41, 5.74) is 7.71. The summed E-state index contributed by atoms with van der Waals surface area (Å²) in [4.78, 5) is 103. The highest BCUT2D eigenvalue weighted by molar-refractivity contribution is 5.96. The van der Waals surface area contributed by atoms with Crippen LogP contribution in [-0.4, -0.2) is 157 Å². The summed E-state index contributed by atoms with van der Waals surface area (Å²) in [6.45, 7) is 6.55. The number of fused-ring (bicyclic) bond motifs is 2. The topological polar surface area (TPSA) is 284 Å². The molecule has 4 fully saturated rings. The van der Waals surface area contributed by atoms with E-state index in [4.69, 9.17) is 0 Å². The quantitative estimate of drug-likeness (QED) is 0.0180. The molecule has 4 saturated heterocycles. The lowest BCUT2D eigenvalue weighted by molar-refractivity contribution is -0.143. The Kier molecular flexibility index (Phi) is 26.9. The number of amides is 7. The summed E-state index contributed by atoms with van der Waals surface area (Å²) in [6.07, 6.45) is 16.1. The molecular weight excluding hydrogens is 1300 g/mol. The number of hydrogen-bond acceptors (Lipinski definition) is 14. The van der Waals surface area contributed by atoms with Crippen LogP contribution in [-0.2, 0) is 72.5 Å². The maximum absolute atomic E-state index is 14.9. The number of rotatable bonds is 35. The van der Waals surface area contributed by atoms with E-state index in [1.54, 1.807) is 23.9 Å². The molecule has 7 amide bonds. The smallest absolute Gasteiger partial charge is 0.246 e. The zero-order chi connectivity index (χ0) is 72.0. The van der Waals surface area contributed by atoms with Crippen molar-refractivity contribution < 1.29 is 33.6 Å². The molecule has 5 aromatic carbocycles. The number of unbranched alkanes of at least 4 members (excludes halogenated alkanes) is 2. The molecule has 23 nitrogen and oxygen atoms in total. The molecular formula is C80H104N16O7. The van der Waals surface area contributed by atoms with Gasteiger partial charge in [0.25, 0.3) is 0 Å². The van der Waals surface area contributed by atoms with Crippen LogP contribution in [0, 0.1) is 11.8 Å². The number of aromatic nitrogens is 6. The minimum atomic E-state index is -0.940. The van der Waals surface area contributed by atoms with E-state index in [1.807, 2.05) is 145 Å². The third kappa shape index (κ3) is 19.6. The molecule has 23 heteroatoms. The van der Waals surface area contributed by atoms with Crippen LogP contribution in [0.1, 0.15) is 167 Å². The number of carbonyl (C=O) groups excluding carboxylic acids is 7. The van der Waals surface area contributed by atoms with Gasteiger partial charge in [0.2, 0.25) is 41.4 Å². The first-order valence-corrected chi connectivity index (χ1v) is 37.5. The fourth-order valence-electron chi connectivity index (χ4n) is 15.6. The highest BCUT2D eigenvalue weighted by atomic mass is 16.2. The highest BCUT2D eigenvalue weighted by Crippen LogP contribution is 2.37. The highest BCUT2D eigenvalue weighted by Gasteiger charge is 2.50. The van der Waals surface area contributed by atoms with Crippen LogP contribution in [0.25, 0.3) is 0 Å². The monoisotopic (exact) mass is 1400 g/mol. The molecule has 0 spiro atoms. The summed E-state index contributed by atoms with van der Waals surface area (Å²) in [6, 6.07) is 42.8. The maximum atomic E-state index is 14.9. The van der Waals surface area contributed by atoms with Gasteiger partial charge in [-0.2, -0.15) is 0 Å². The van der Waals surface area contributed by atoms with Crippen LogP contribution in [0.3, 0.4) is 0 Å². The second kappa shape index (κ2) is 37.1. The van der Waals surface area contributed by atoms with Crippen molar-refractivity contribution in [1.82, 2.24) is 82.3 Å². The fraction of sp³-hybridized carbons (Fsp3) is 0.487. The fourth-order valence-corrected chi connectivity index (χ4v) is 15.6. The zero-order valence-electron chi connectivity index (χ0n) is 60.1. The molecule has 0 saturated carbocycles. The molecule has 546 valence electrons. The molecule has 4 aliphatic heterocycles. The number of benzene rings is 5. The van der Waals surface area contributed by atoms with Gasteiger partial charge >= 0.3 is 0 Å². The Labute approximate surface area is 605 Å². The number of carbonyl (C=O) groups is 7. The Morgan fingerprint density at radius 3 is 1.43 bits per heavy atom. The van der Waals surface area contributed by atoms with Crippen molar-refractivity contribution in [1.29, 1.82) is 0 Å². The molecule has 11 rings (SSSR count). The zero-order valence-corrected chi connectivity index (χ0v) is 60.1. The molecule has 4 aliphatic rings. The number of hydrogen-bond donors (Lipinski definition) is 8. The Balaban J connectivity index is 0.610. The normalized spacial score (nSPS) is 21.2. The predicted octanol–water partition coefficient (Wildman–Crippen LogP) is 7.37. The first-order chi connectivity index (χ1) is 50.3. The molecule has 11 atom stereocenters. The van der Waals surface area contributed by atoms with E-state index in [9.17, 15) is 33.6 Å². The SMILES string of the molecule is CC[C@H](NC)C(=O)N[C@@H]1C(=O)N2[C@@H](CC[C@@H]1CNC(=O)CCc1cn(CCCCc3ccc(CCCCn4cc([C@@H](NC(=O)[C@@H]5CC[C@@H]6CC[C@H](CNCc7ccccc7)[C@H](NC(=O)[C@H](CC)NC)C(=O)N65)c5ccccc5)nn4)cc3)nn1)CC[C@H]2C(=O)NC(c1ccccc1)c1ccccc1. The molecule has 6 heterocycles. The Hall–Kier alpha value is -9.45. The molecule has 8 N–H and O–H groups in total. The second-order valence-electron chi connectivity index (χ2n) is 28.3. The van der Waals surface area contributed by atoms with Gasteiger partial charge in [0.15, 0.2) is 0 Å². The van der Waals surface area contributed by atoms with Crippen molar-refractivity contribution in [2.45, 2.75) is 209 Å². The van der Waals surface area contributed by atoms with Gasteiger partial charge in [-0.15, -0.1) is 10.2 Å². The van der Waals surface area contributed by atoms with Gasteiger partial charge in [-0.05, 0) is 150 Å². The lowest BCUT2D eigenvalue weighted by atomic mass is 9.92. The largest absolute Gasteiger partial charge is 0.356 e. The first-order valence-electron chi connectivity index (χ1n) is 37.5. The van der Waals surface area contributed by atoms with Crippen LogP contribution >= 0.6 is 0 Å². The van der Waals surface area contributed by atoms with Gasteiger partial charge in [0.05, 0.1) is 36.1 Å². The second-order valence-corrected chi connectivity index (χ2v) is 28.3. The van der Waals surface area contributed by atoms with Crippen molar-refractivity contribution in [3.05, 3.63) is 203 Å². The Morgan fingerprint density at radius 1 is 0.485 bits per heavy atom. The number of likely N-dealkylation sites (N-methyl/N-ethyl adjacent to an activating group) is 2. The van der Waals surface area contributed by atoms with E-state index in [0.29, 0.717) is 95.4 Å². The summed E-state index contributed by atoms with van der Waals surface area (Å²) in [5, 5.41) is 43.4. The summed E-state index contributed by atoms with van der Waals surface area (Å²) >= 11 is 0. The van der Waals surface area contributed by atoms with Crippen LogP contribution in [0.15, 0.2) is 158 Å². The van der Waals surface area contributed by atoms with Crippen molar-refractivity contribution in [3.8, 4) is 0 Å². The lowest BCUT2D eigenvalue weighted by Crippen LogP contribution is -2.59. The van der Waals surface area contributed by atoms with E-state index in [-0.39, 0.29) is 72.3 Å². The van der Waals surface area contributed by atoms with Crippen molar-refractivity contribution >= 4 is 41.4 Å². The standard InChI is InChI=1S/C80H104N16O7/c1-5-65(81-3)75(98)87-73-60(50-83-49-56-25-11-7-12-26-56)37-40-63-43-45-69(96(63)79(73)102)78(101)86-72(59-31-17-10-18-32-59)67-53-94(92-90-67)48-22-20-24-55-35-33-54(34-36-55)23-19-21-47-93-52-62(89-91-93)39-46-70(97)84-51-61-38-41-64-42-44-68(95(64)80(103)74(61)88-76(99)66(6-2)82-4)77(100)85-71(57-27-13-8-14-28-57)58-29-15-9-16-30-58/h7-18,25-36,52-53,60-61,63-66,68-69,71-74,81-83H,5-6,19-24,37-51H2,1-4H3,(H,84,97)(H,85,100)(H,86,101)(H,87,98)(H,88,99)/t60-,61-,63+,64+,65+,66+,68+,69+,72+,73+,74+/m1/s1. The molecule has 7 aromatic rings. The summed E-state index contributed by atoms with van der Waals surface area (Å²) < 4.78 is 3.67. The summed E-state index contributed by atoms with van der Waals surface area (Å²) in [7, 11) is 3.47. The molecule has 103 heavy (non-hydrogen) atoms. The van der Waals surface area contributed by atoms with Crippen molar-refractivity contribution in [2.24, 2.45) is 11.8 Å². The minimum Gasteiger partial charge on any atom is -0.356 e. The average molecular weight is 1400 g/mol. The Bertz CT molecular complexity index is 3830. The van der Waals surface area contributed by atoms with Crippen molar-refractivity contribution in [2.75, 3.05) is 27.2 Å². The van der Waals surface area contributed by atoms with Crippen LogP contribution < -0.4 is 42.5 Å². The predicted molar refractivity (Wildman–Crippen MR) is 394 cm³/mol. The van der Waals surface area contributed by atoms with Gasteiger partial charge in [0, 0.05) is 75.7 Å². The maximum Gasteiger partial charge on any atom is 0.246 e. The molecule has 0 unspecified atom stereocenters. The lowest BCUT2D eigenvalue weighted by Gasteiger charge is -2.33. The number of nitrogens with one attached hydrogen (secondary N) is 8. The third-order valence-electron chi connectivity index (χ3n) is 21.5. The molecule has 0 radical (unpaired) electrons. The van der Waals surface area contributed by atoms with Crippen molar-refractivity contribution in [3.63, 3.8) is 0 Å². The first kappa shape index (κ1) is 74.7. The number of nitrogens with zero attached hydrogens (tertiary/aromatic N) is 8. The van der Waals surface area contributed by atoms with Crippen LogP contribution in [0.4, 0.5) is 0 Å². The molecule has 0 aliphatic carbocycles. The van der Waals surface area contributed by atoms with Crippen LogP contribution in [0.2, 0.25) is 0 Å². The third-order valence-corrected chi connectivity index (χ3v) is 21.5. The van der Waals surface area contributed by atoms with Gasteiger partial charge in [-0.25, -0.2) is 0 Å². The Morgan fingerprint density at radius 2 is 0.932 bits per heavy atom. The van der Waals surface area contributed by atoms with Gasteiger partial charge in [-0.3, -0.25) is 42.9 Å². The number of aryl methyl sites for hydroxylation is 5. The molecule has 0 bridgehead atoms. The van der Waals surface area contributed by atoms with Gasteiger partial charge in [0.1, 0.15) is 29.9 Å².